The molecule has 164 valence electrons. The Morgan fingerprint density at radius 1 is 1.25 bits per heavy atom. The van der Waals surface area contributed by atoms with Crippen LogP contribution in [0.1, 0.15) is 11.1 Å². The van der Waals surface area contributed by atoms with Crippen LogP contribution in [0, 0.1) is 19.7 Å². The fourth-order valence-corrected chi connectivity index (χ4v) is 3.73. The topological polar surface area (TPSA) is 112 Å². The van der Waals surface area contributed by atoms with Gasteiger partial charge in [0.25, 0.3) is 5.89 Å². The van der Waals surface area contributed by atoms with Gasteiger partial charge in [0, 0.05) is 11.3 Å². The molecule has 0 fully saturated rings. The van der Waals surface area contributed by atoms with Crippen molar-refractivity contribution in [2.75, 3.05) is 17.3 Å². The number of aryl methyl sites for hydroxylation is 2. The summed E-state index contributed by atoms with van der Waals surface area (Å²) in [4.78, 5) is 17.0. The molecule has 32 heavy (non-hydrogen) atoms. The van der Waals surface area contributed by atoms with Gasteiger partial charge in [0.1, 0.15) is 28.8 Å². The van der Waals surface area contributed by atoms with Gasteiger partial charge in [0.2, 0.25) is 11.7 Å². The average Bonchev–Trinajstić information content (AvgIpc) is 3.35. The molecule has 0 atom stereocenters. The van der Waals surface area contributed by atoms with Crippen LogP contribution in [0.15, 0.2) is 52.0 Å². The molecule has 0 saturated carbocycles. The highest BCUT2D eigenvalue weighted by Crippen LogP contribution is 2.35. The largest absolute Gasteiger partial charge is 0.383 e. The van der Waals surface area contributed by atoms with Gasteiger partial charge in [0.15, 0.2) is 0 Å². The van der Waals surface area contributed by atoms with Crippen molar-refractivity contribution in [2.45, 2.75) is 25.4 Å². The highest BCUT2D eigenvalue weighted by atomic mass is 32.2. The van der Waals surface area contributed by atoms with E-state index in [-0.39, 0.29) is 18.3 Å². The Morgan fingerprint density at radius 3 is 2.78 bits per heavy atom. The standard InChI is InChI=1S/C22H21FN6O2S/c1-12-5-4-6-14(9-12)20-26-21(31-28-20)18-19(24)29(27-22(18)32-3)11-17(30)25-15-8-7-13(2)16(23)10-15/h4-10H,11,24H2,1-3H3,(H,25,30). The van der Waals surface area contributed by atoms with E-state index in [1.54, 1.807) is 19.1 Å². The van der Waals surface area contributed by atoms with Crippen molar-refractivity contribution in [1.29, 1.82) is 0 Å². The van der Waals surface area contributed by atoms with Crippen LogP contribution in [0.3, 0.4) is 0 Å². The quantitative estimate of drug-likeness (QED) is 0.420. The van der Waals surface area contributed by atoms with Crippen molar-refractivity contribution in [3.05, 3.63) is 59.4 Å². The summed E-state index contributed by atoms with van der Waals surface area (Å²) in [6.07, 6.45) is 1.84. The Morgan fingerprint density at radius 2 is 2.06 bits per heavy atom. The highest BCUT2D eigenvalue weighted by molar-refractivity contribution is 7.98. The van der Waals surface area contributed by atoms with Crippen molar-refractivity contribution in [2.24, 2.45) is 0 Å². The van der Waals surface area contributed by atoms with E-state index in [1.165, 1.54) is 22.5 Å². The van der Waals surface area contributed by atoms with Crippen LogP contribution < -0.4 is 11.1 Å². The predicted octanol–water partition coefficient (Wildman–Crippen LogP) is 4.30. The molecule has 0 saturated heterocycles. The smallest absolute Gasteiger partial charge is 0.264 e. The third-order valence-corrected chi connectivity index (χ3v) is 5.49. The van der Waals surface area contributed by atoms with Crippen molar-refractivity contribution >= 4 is 29.2 Å². The first-order valence-corrected chi connectivity index (χ1v) is 11.0. The number of benzene rings is 2. The number of nitrogens with two attached hydrogens (primary N) is 1. The maximum atomic E-state index is 13.7. The molecule has 10 heteroatoms. The van der Waals surface area contributed by atoms with E-state index >= 15 is 0 Å². The van der Waals surface area contributed by atoms with Gasteiger partial charge >= 0.3 is 0 Å². The van der Waals surface area contributed by atoms with Crippen LogP contribution >= 0.6 is 11.8 Å². The molecule has 4 aromatic rings. The number of hydrogen-bond acceptors (Lipinski definition) is 7. The minimum atomic E-state index is -0.396. The van der Waals surface area contributed by atoms with E-state index in [0.29, 0.717) is 27.7 Å². The highest BCUT2D eigenvalue weighted by Gasteiger charge is 2.24. The number of thioether (sulfide) groups is 1. The molecule has 2 heterocycles. The van der Waals surface area contributed by atoms with E-state index in [1.807, 2.05) is 37.4 Å². The lowest BCUT2D eigenvalue weighted by molar-refractivity contribution is -0.116. The Hall–Kier alpha value is -3.66. The molecule has 0 radical (unpaired) electrons. The molecule has 0 aliphatic rings. The first-order valence-electron chi connectivity index (χ1n) is 9.73. The van der Waals surface area contributed by atoms with Gasteiger partial charge in [0.05, 0.1) is 0 Å². The SMILES string of the molecule is CSc1nn(CC(=O)Nc2ccc(C)c(F)c2)c(N)c1-c1nc(-c2cccc(C)c2)no1. The zero-order valence-electron chi connectivity index (χ0n) is 17.7. The molecule has 4 rings (SSSR count). The maximum Gasteiger partial charge on any atom is 0.264 e. The molecule has 2 aromatic heterocycles. The third kappa shape index (κ3) is 4.35. The number of hydrogen-bond donors (Lipinski definition) is 2. The van der Waals surface area contributed by atoms with Gasteiger partial charge in [-0.3, -0.25) is 4.79 Å². The van der Waals surface area contributed by atoms with Crippen LogP contribution in [0.25, 0.3) is 22.8 Å². The van der Waals surface area contributed by atoms with E-state index in [4.69, 9.17) is 10.3 Å². The summed E-state index contributed by atoms with van der Waals surface area (Å²) in [5.74, 6) is 0.0819. The molecule has 2 aromatic carbocycles. The zero-order chi connectivity index (χ0) is 22.8. The molecular weight excluding hydrogens is 431 g/mol. The summed E-state index contributed by atoms with van der Waals surface area (Å²) in [6, 6.07) is 12.2. The maximum absolute atomic E-state index is 13.7. The van der Waals surface area contributed by atoms with Gasteiger partial charge in [-0.25, -0.2) is 9.07 Å². The normalized spacial score (nSPS) is 11.0. The van der Waals surface area contributed by atoms with Gasteiger partial charge in [-0.1, -0.05) is 35.0 Å². The number of rotatable bonds is 6. The minimum Gasteiger partial charge on any atom is -0.383 e. The minimum absolute atomic E-state index is 0.159. The lowest BCUT2D eigenvalue weighted by Crippen LogP contribution is -2.20. The Labute approximate surface area is 188 Å². The van der Waals surface area contributed by atoms with Gasteiger partial charge in [-0.15, -0.1) is 11.8 Å². The summed E-state index contributed by atoms with van der Waals surface area (Å²) >= 11 is 1.35. The van der Waals surface area contributed by atoms with Crippen molar-refractivity contribution in [3.63, 3.8) is 0 Å². The number of nitrogen functional groups attached to an aromatic ring is 1. The van der Waals surface area contributed by atoms with Gasteiger partial charge in [-0.05, 0) is 43.9 Å². The number of aromatic nitrogens is 4. The number of nitrogens with zero attached hydrogens (tertiary/aromatic N) is 4. The predicted molar refractivity (Wildman–Crippen MR) is 122 cm³/mol. The van der Waals surface area contributed by atoms with Crippen LogP contribution in [-0.4, -0.2) is 32.1 Å². The van der Waals surface area contributed by atoms with Crippen LogP contribution in [0.5, 0.6) is 0 Å². The zero-order valence-corrected chi connectivity index (χ0v) is 18.5. The van der Waals surface area contributed by atoms with Crippen LogP contribution in [0.4, 0.5) is 15.9 Å². The number of anilines is 2. The number of amides is 1. The van der Waals surface area contributed by atoms with Crippen molar-refractivity contribution in [3.8, 4) is 22.8 Å². The van der Waals surface area contributed by atoms with Crippen LogP contribution in [0.2, 0.25) is 0 Å². The van der Waals surface area contributed by atoms with Crippen LogP contribution in [-0.2, 0) is 11.3 Å². The fraction of sp³-hybridized carbons (Fsp3) is 0.182. The lowest BCUT2D eigenvalue weighted by atomic mass is 10.1. The number of carbonyl (C=O) groups excluding carboxylic acids is 1. The average molecular weight is 453 g/mol. The van der Waals surface area contributed by atoms with Crippen molar-refractivity contribution < 1.29 is 13.7 Å². The van der Waals surface area contributed by atoms with E-state index < -0.39 is 11.7 Å². The molecule has 3 N–H and O–H groups in total. The number of carbonyl (C=O) groups is 1. The van der Waals surface area contributed by atoms with Gasteiger partial charge < -0.3 is 15.6 Å². The first kappa shape index (κ1) is 21.6. The number of halogens is 1. The first-order chi connectivity index (χ1) is 15.4. The third-order valence-electron chi connectivity index (χ3n) is 4.82. The van der Waals surface area contributed by atoms with Crippen molar-refractivity contribution in [1.82, 2.24) is 19.9 Å². The Kier molecular flexibility index (Phi) is 5.95. The monoisotopic (exact) mass is 452 g/mol. The second-order valence-electron chi connectivity index (χ2n) is 7.23. The van der Waals surface area contributed by atoms with E-state index in [2.05, 4.69) is 20.6 Å². The lowest BCUT2D eigenvalue weighted by Gasteiger charge is -2.07. The van der Waals surface area contributed by atoms with E-state index in [9.17, 15) is 9.18 Å². The molecule has 0 bridgehead atoms. The summed E-state index contributed by atoms with van der Waals surface area (Å²) in [5.41, 5.74) is 9.51. The summed E-state index contributed by atoms with van der Waals surface area (Å²) in [6.45, 7) is 3.47. The Balaban J connectivity index is 1.58. The second-order valence-corrected chi connectivity index (χ2v) is 8.03. The fourth-order valence-electron chi connectivity index (χ4n) is 3.15. The summed E-state index contributed by atoms with van der Waals surface area (Å²) in [7, 11) is 0. The summed E-state index contributed by atoms with van der Waals surface area (Å²) in [5, 5.41) is 11.7. The summed E-state index contributed by atoms with van der Waals surface area (Å²) < 4.78 is 20.6. The molecule has 8 nitrogen and oxygen atoms in total. The molecule has 0 unspecified atom stereocenters. The van der Waals surface area contributed by atoms with E-state index in [0.717, 1.165) is 11.1 Å². The molecule has 1 amide bonds. The Bertz CT molecular complexity index is 1300. The van der Waals surface area contributed by atoms with Gasteiger partial charge in [-0.2, -0.15) is 10.1 Å². The number of nitrogens with one attached hydrogen (secondary N) is 1. The molecule has 0 spiro atoms. The second kappa shape index (κ2) is 8.83. The molecular formula is C22H21FN6O2S. The molecule has 0 aliphatic heterocycles. The molecule has 0 aliphatic carbocycles.